The Balaban J connectivity index is 1.78. The first-order valence-corrected chi connectivity index (χ1v) is 10.5. The van der Waals surface area contributed by atoms with Gasteiger partial charge in [-0.2, -0.15) is 0 Å². The van der Waals surface area contributed by atoms with Crippen LogP contribution in [0.4, 0.5) is 0 Å². The van der Waals surface area contributed by atoms with E-state index in [1.54, 1.807) is 0 Å². The summed E-state index contributed by atoms with van der Waals surface area (Å²) in [5.74, 6) is 0.0122. The number of amides is 1. The maximum absolute atomic E-state index is 13.3. The molecule has 1 heterocycles. The highest BCUT2D eigenvalue weighted by molar-refractivity contribution is 6.30. The van der Waals surface area contributed by atoms with Crippen LogP contribution in [0.5, 0.6) is 0 Å². The highest BCUT2D eigenvalue weighted by Gasteiger charge is 2.22. The van der Waals surface area contributed by atoms with Gasteiger partial charge in [-0.15, -0.1) is 0 Å². The van der Waals surface area contributed by atoms with Gasteiger partial charge in [0, 0.05) is 22.0 Å². The number of rotatable bonds is 3. The van der Waals surface area contributed by atoms with Crippen molar-refractivity contribution in [2.24, 2.45) is 0 Å². The summed E-state index contributed by atoms with van der Waals surface area (Å²) in [6.07, 6.45) is 7.05. The van der Waals surface area contributed by atoms with Crippen molar-refractivity contribution in [2.75, 3.05) is 0 Å². The van der Waals surface area contributed by atoms with E-state index in [1.807, 2.05) is 55.5 Å². The molecule has 1 amide bonds. The standard InChI is InChI=1S/C24H25ClN2O/c1-16-22(24(28)26-19-8-4-2-3-5-9-19)20-10-6-7-11-21(20)27-23(16)17-12-14-18(25)15-13-17/h6-7,10-15,19H,2-5,8-9H2,1H3,(H,26,28). The molecule has 0 aliphatic heterocycles. The molecule has 0 bridgehead atoms. The van der Waals surface area contributed by atoms with Gasteiger partial charge in [-0.3, -0.25) is 4.79 Å². The number of nitrogens with zero attached hydrogens (tertiary/aromatic N) is 1. The Hall–Kier alpha value is -2.39. The van der Waals surface area contributed by atoms with Gasteiger partial charge in [-0.1, -0.05) is 67.6 Å². The minimum atomic E-state index is 0.0122. The van der Waals surface area contributed by atoms with Crippen LogP contribution in [0.3, 0.4) is 0 Å². The smallest absolute Gasteiger partial charge is 0.252 e. The number of aromatic nitrogens is 1. The van der Waals surface area contributed by atoms with E-state index in [-0.39, 0.29) is 11.9 Å². The van der Waals surface area contributed by atoms with Crippen molar-refractivity contribution in [1.82, 2.24) is 10.3 Å². The molecule has 28 heavy (non-hydrogen) atoms. The fourth-order valence-electron chi connectivity index (χ4n) is 4.17. The van der Waals surface area contributed by atoms with Gasteiger partial charge in [0.25, 0.3) is 5.91 Å². The third-order valence-electron chi connectivity index (χ3n) is 5.67. The molecule has 0 spiro atoms. The summed E-state index contributed by atoms with van der Waals surface area (Å²) in [6.45, 7) is 1.99. The van der Waals surface area contributed by atoms with E-state index < -0.39 is 0 Å². The van der Waals surface area contributed by atoms with Crippen molar-refractivity contribution in [2.45, 2.75) is 51.5 Å². The highest BCUT2D eigenvalue weighted by Crippen LogP contribution is 2.30. The van der Waals surface area contributed by atoms with Crippen LogP contribution in [0, 0.1) is 6.92 Å². The van der Waals surface area contributed by atoms with Crippen LogP contribution in [0.25, 0.3) is 22.2 Å². The second-order valence-corrected chi connectivity index (χ2v) is 8.08. The molecule has 1 aliphatic carbocycles. The zero-order valence-electron chi connectivity index (χ0n) is 16.2. The molecule has 3 nitrogen and oxygen atoms in total. The first-order valence-electron chi connectivity index (χ1n) is 10.1. The SMILES string of the molecule is Cc1c(-c2ccc(Cl)cc2)nc2ccccc2c1C(=O)NC1CCCCCC1. The van der Waals surface area contributed by atoms with E-state index >= 15 is 0 Å². The lowest BCUT2D eigenvalue weighted by Crippen LogP contribution is -2.35. The van der Waals surface area contributed by atoms with Crippen LogP contribution in [0.1, 0.15) is 54.4 Å². The number of hydrogen-bond donors (Lipinski definition) is 1. The van der Waals surface area contributed by atoms with Crippen LogP contribution in [0.15, 0.2) is 48.5 Å². The lowest BCUT2D eigenvalue weighted by atomic mass is 9.96. The first kappa shape index (κ1) is 18.9. The number of hydrogen-bond acceptors (Lipinski definition) is 2. The fourth-order valence-corrected chi connectivity index (χ4v) is 4.30. The number of pyridine rings is 1. The van der Waals surface area contributed by atoms with Gasteiger partial charge >= 0.3 is 0 Å². The van der Waals surface area contributed by atoms with Gasteiger partial charge in [0.05, 0.1) is 16.8 Å². The topological polar surface area (TPSA) is 42.0 Å². The van der Waals surface area contributed by atoms with Gasteiger partial charge in [-0.25, -0.2) is 4.98 Å². The molecule has 1 saturated carbocycles. The summed E-state index contributed by atoms with van der Waals surface area (Å²) in [5, 5.41) is 4.90. The number of para-hydroxylation sites is 1. The summed E-state index contributed by atoms with van der Waals surface area (Å²) in [7, 11) is 0. The van der Waals surface area contributed by atoms with Crippen molar-refractivity contribution in [3.05, 3.63) is 64.7 Å². The van der Waals surface area contributed by atoms with E-state index in [2.05, 4.69) is 5.32 Å². The average molecular weight is 393 g/mol. The summed E-state index contributed by atoms with van der Waals surface area (Å²) < 4.78 is 0. The Labute approximate surface area is 171 Å². The molecule has 4 heteroatoms. The number of nitrogens with one attached hydrogen (secondary N) is 1. The predicted molar refractivity (Wildman–Crippen MR) is 116 cm³/mol. The summed E-state index contributed by atoms with van der Waals surface area (Å²) >= 11 is 6.05. The number of halogens is 1. The lowest BCUT2D eigenvalue weighted by Gasteiger charge is -2.19. The minimum Gasteiger partial charge on any atom is -0.349 e. The van der Waals surface area contributed by atoms with Crippen LogP contribution in [-0.4, -0.2) is 16.9 Å². The number of carbonyl (C=O) groups excluding carboxylic acids is 1. The van der Waals surface area contributed by atoms with Crippen molar-refractivity contribution in [1.29, 1.82) is 0 Å². The van der Waals surface area contributed by atoms with Crippen LogP contribution in [0.2, 0.25) is 5.02 Å². The van der Waals surface area contributed by atoms with Gasteiger partial charge < -0.3 is 5.32 Å². The second-order valence-electron chi connectivity index (χ2n) is 7.65. The van der Waals surface area contributed by atoms with Crippen molar-refractivity contribution < 1.29 is 4.79 Å². The van der Waals surface area contributed by atoms with E-state index in [0.717, 1.165) is 46.1 Å². The molecule has 0 saturated heterocycles. The number of fused-ring (bicyclic) bond motifs is 1. The molecule has 1 aliphatic rings. The second kappa shape index (κ2) is 8.32. The molecule has 144 valence electrons. The normalized spacial score (nSPS) is 15.4. The Bertz CT molecular complexity index is 989. The Morgan fingerprint density at radius 2 is 1.68 bits per heavy atom. The number of benzene rings is 2. The molecule has 1 N–H and O–H groups in total. The minimum absolute atomic E-state index is 0.0122. The van der Waals surface area contributed by atoms with Gasteiger partial charge in [0.2, 0.25) is 0 Å². The molecule has 1 aromatic heterocycles. The zero-order chi connectivity index (χ0) is 19.5. The predicted octanol–water partition coefficient (Wildman–Crippen LogP) is 6.32. The molecule has 4 rings (SSSR count). The third kappa shape index (κ3) is 3.90. The summed E-state index contributed by atoms with van der Waals surface area (Å²) in [6, 6.07) is 15.8. The quantitative estimate of drug-likeness (QED) is 0.530. The average Bonchev–Trinajstić information content (AvgIpc) is 2.97. The van der Waals surface area contributed by atoms with Crippen LogP contribution in [-0.2, 0) is 0 Å². The van der Waals surface area contributed by atoms with Gasteiger partial charge in [0.15, 0.2) is 0 Å². The largest absolute Gasteiger partial charge is 0.349 e. The monoisotopic (exact) mass is 392 g/mol. The molecular formula is C24H25ClN2O. The van der Waals surface area contributed by atoms with Crippen molar-refractivity contribution in [3.8, 4) is 11.3 Å². The first-order chi connectivity index (χ1) is 13.6. The Kier molecular flexibility index (Phi) is 5.63. The Morgan fingerprint density at radius 1 is 1.00 bits per heavy atom. The molecular weight excluding hydrogens is 368 g/mol. The lowest BCUT2D eigenvalue weighted by molar-refractivity contribution is 0.0934. The molecule has 3 aromatic rings. The van der Waals surface area contributed by atoms with Crippen molar-refractivity contribution in [3.63, 3.8) is 0 Å². The van der Waals surface area contributed by atoms with Crippen LogP contribution < -0.4 is 5.32 Å². The maximum Gasteiger partial charge on any atom is 0.252 e. The van der Waals surface area contributed by atoms with Crippen LogP contribution >= 0.6 is 11.6 Å². The molecule has 1 fully saturated rings. The van der Waals surface area contributed by atoms with E-state index in [0.29, 0.717) is 5.02 Å². The van der Waals surface area contributed by atoms with E-state index in [1.165, 1.54) is 25.7 Å². The highest BCUT2D eigenvalue weighted by atomic mass is 35.5. The van der Waals surface area contributed by atoms with Crippen molar-refractivity contribution >= 4 is 28.4 Å². The van der Waals surface area contributed by atoms with E-state index in [4.69, 9.17) is 16.6 Å². The molecule has 0 atom stereocenters. The fraction of sp³-hybridized carbons (Fsp3) is 0.333. The molecule has 2 aromatic carbocycles. The zero-order valence-corrected chi connectivity index (χ0v) is 16.9. The molecule has 0 unspecified atom stereocenters. The Morgan fingerprint density at radius 3 is 2.39 bits per heavy atom. The number of carbonyl (C=O) groups is 1. The van der Waals surface area contributed by atoms with Gasteiger partial charge in [-0.05, 0) is 43.5 Å². The molecule has 0 radical (unpaired) electrons. The van der Waals surface area contributed by atoms with E-state index in [9.17, 15) is 4.79 Å². The maximum atomic E-state index is 13.3. The third-order valence-corrected chi connectivity index (χ3v) is 5.92. The summed E-state index contributed by atoms with van der Waals surface area (Å²) in [5.41, 5.74) is 4.29. The summed E-state index contributed by atoms with van der Waals surface area (Å²) in [4.78, 5) is 18.2. The van der Waals surface area contributed by atoms with Gasteiger partial charge in [0.1, 0.15) is 0 Å².